The summed E-state index contributed by atoms with van der Waals surface area (Å²) < 4.78 is 10.6. The molecule has 0 amide bonds. The summed E-state index contributed by atoms with van der Waals surface area (Å²) in [6.45, 7) is 4.61. The van der Waals surface area contributed by atoms with E-state index in [0.29, 0.717) is 0 Å². The maximum Gasteiger partial charge on any atom is 0.339 e. The second kappa shape index (κ2) is 8.67. The number of benzene rings is 4. The van der Waals surface area contributed by atoms with Crippen molar-refractivity contribution >= 4 is 30.4 Å². The summed E-state index contributed by atoms with van der Waals surface area (Å²) in [6.07, 6.45) is 0. The first kappa shape index (κ1) is 22.8. The largest absolute Gasteiger partial charge is 0.465 e. The molecular weight excluding hydrogens is 452 g/mol. The van der Waals surface area contributed by atoms with Crippen molar-refractivity contribution in [3.8, 4) is 33.4 Å². The Hall–Kier alpha value is -3.96. The van der Waals surface area contributed by atoms with Gasteiger partial charge in [-0.1, -0.05) is 98.0 Å². The van der Waals surface area contributed by atoms with Gasteiger partial charge in [-0.2, -0.15) is 0 Å². The van der Waals surface area contributed by atoms with Gasteiger partial charge in [0.1, 0.15) is 8.07 Å². The third-order valence-corrected chi connectivity index (χ3v) is 10.4. The highest BCUT2D eigenvalue weighted by molar-refractivity contribution is 7.04. The van der Waals surface area contributed by atoms with Gasteiger partial charge in [-0.05, 0) is 38.2 Å². The fraction of sp³-hybridized carbons (Fsp3) is 0.133. The van der Waals surface area contributed by atoms with Crippen molar-refractivity contribution in [3.63, 3.8) is 0 Å². The lowest BCUT2D eigenvalue weighted by atomic mass is 9.83. The minimum atomic E-state index is -2.29. The smallest absolute Gasteiger partial charge is 0.339 e. The number of carbonyl (C=O) groups excluding carboxylic acids is 2. The Morgan fingerprint density at radius 1 is 0.600 bits per heavy atom. The van der Waals surface area contributed by atoms with Crippen LogP contribution in [-0.2, 0) is 9.47 Å². The quantitative estimate of drug-likeness (QED) is 0.291. The maximum atomic E-state index is 13.5. The van der Waals surface area contributed by atoms with Gasteiger partial charge in [-0.3, -0.25) is 0 Å². The van der Waals surface area contributed by atoms with Crippen LogP contribution in [0, 0.1) is 0 Å². The average Bonchev–Trinajstić information content (AvgIpc) is 3.14. The molecule has 0 fully saturated rings. The van der Waals surface area contributed by atoms with Crippen LogP contribution < -0.4 is 10.4 Å². The SMILES string of the molecule is COC(=O)c1c(C(=O)OC)c(-c2ccccc2)c2c(c1-c1ccccc1)-c1ccccc1[Si]2(C)C. The van der Waals surface area contributed by atoms with Crippen molar-refractivity contribution < 1.29 is 19.1 Å². The van der Waals surface area contributed by atoms with Gasteiger partial charge in [0.25, 0.3) is 0 Å². The van der Waals surface area contributed by atoms with Crippen LogP contribution in [0.2, 0.25) is 13.1 Å². The van der Waals surface area contributed by atoms with Gasteiger partial charge in [0.05, 0.1) is 25.3 Å². The zero-order valence-corrected chi connectivity index (χ0v) is 21.2. The number of methoxy groups -OCH3 is 2. The van der Waals surface area contributed by atoms with Crippen molar-refractivity contribution in [3.05, 3.63) is 96.1 Å². The summed E-state index contributed by atoms with van der Waals surface area (Å²) in [6, 6.07) is 28.0. The molecule has 1 heterocycles. The third kappa shape index (κ3) is 3.42. The van der Waals surface area contributed by atoms with Gasteiger partial charge in [-0.25, -0.2) is 9.59 Å². The van der Waals surface area contributed by atoms with E-state index in [9.17, 15) is 9.59 Å². The molecule has 0 aliphatic carbocycles. The monoisotopic (exact) mass is 478 g/mol. The molecule has 1 aliphatic heterocycles. The van der Waals surface area contributed by atoms with Crippen molar-refractivity contribution in [2.45, 2.75) is 13.1 Å². The average molecular weight is 479 g/mol. The molecule has 0 bridgehead atoms. The van der Waals surface area contributed by atoms with Crippen LogP contribution in [0.5, 0.6) is 0 Å². The Kier molecular flexibility index (Phi) is 5.65. The van der Waals surface area contributed by atoms with Gasteiger partial charge in [0.15, 0.2) is 0 Å². The Bertz CT molecular complexity index is 1460. The maximum absolute atomic E-state index is 13.5. The van der Waals surface area contributed by atoms with E-state index in [2.05, 4.69) is 31.3 Å². The van der Waals surface area contributed by atoms with Crippen molar-refractivity contribution in [2.24, 2.45) is 0 Å². The summed E-state index contributed by atoms with van der Waals surface area (Å²) in [5, 5.41) is 2.42. The van der Waals surface area contributed by atoms with E-state index >= 15 is 0 Å². The summed E-state index contributed by atoms with van der Waals surface area (Å²) >= 11 is 0. The first-order valence-electron chi connectivity index (χ1n) is 11.5. The molecule has 4 aromatic rings. The van der Waals surface area contributed by atoms with Crippen LogP contribution in [0.15, 0.2) is 84.9 Å². The zero-order chi connectivity index (χ0) is 24.7. The number of fused-ring (bicyclic) bond motifs is 3. The molecule has 174 valence electrons. The molecular formula is C30H26O4Si. The van der Waals surface area contributed by atoms with Crippen LogP contribution in [0.25, 0.3) is 33.4 Å². The lowest BCUT2D eigenvalue weighted by Crippen LogP contribution is -2.50. The number of esters is 2. The van der Waals surface area contributed by atoms with E-state index in [1.54, 1.807) is 0 Å². The molecule has 1 aliphatic rings. The van der Waals surface area contributed by atoms with Crippen molar-refractivity contribution in [1.29, 1.82) is 0 Å². The van der Waals surface area contributed by atoms with Gasteiger partial charge in [-0.15, -0.1) is 0 Å². The summed E-state index contributed by atoms with van der Waals surface area (Å²) in [4.78, 5) is 27.0. The second-order valence-electron chi connectivity index (χ2n) is 9.14. The Morgan fingerprint density at radius 2 is 1.06 bits per heavy atom. The van der Waals surface area contributed by atoms with Crippen molar-refractivity contribution in [1.82, 2.24) is 0 Å². The fourth-order valence-corrected chi connectivity index (χ4v) is 8.87. The van der Waals surface area contributed by atoms with E-state index in [-0.39, 0.29) is 11.1 Å². The highest BCUT2D eigenvalue weighted by atomic mass is 28.3. The van der Waals surface area contributed by atoms with E-state index in [4.69, 9.17) is 9.47 Å². The zero-order valence-electron chi connectivity index (χ0n) is 20.2. The van der Waals surface area contributed by atoms with E-state index in [1.807, 2.05) is 66.7 Å². The lowest BCUT2D eigenvalue weighted by molar-refractivity contribution is 0.0557. The summed E-state index contributed by atoms with van der Waals surface area (Å²) in [5.74, 6) is -1.11. The lowest BCUT2D eigenvalue weighted by Gasteiger charge is -2.27. The molecule has 4 nitrogen and oxygen atoms in total. The molecule has 0 spiro atoms. The topological polar surface area (TPSA) is 52.6 Å². The van der Waals surface area contributed by atoms with E-state index in [0.717, 1.165) is 38.6 Å². The van der Waals surface area contributed by atoms with Gasteiger partial charge >= 0.3 is 11.9 Å². The molecule has 5 rings (SSSR count). The number of carbonyl (C=O) groups is 2. The molecule has 0 unspecified atom stereocenters. The highest BCUT2D eigenvalue weighted by Crippen LogP contribution is 2.45. The number of hydrogen-bond donors (Lipinski definition) is 0. The molecule has 35 heavy (non-hydrogen) atoms. The standard InChI is InChI=1S/C30H26O4Si/c1-33-29(31)26-23(19-13-7-5-8-14-19)25-21-17-11-12-18-22(21)35(3,4)28(25)24(27(26)30(32)34-2)20-15-9-6-10-16-20/h5-18H,1-4H3. The Labute approximate surface area is 206 Å². The molecule has 0 radical (unpaired) electrons. The molecule has 0 N–H and O–H groups in total. The number of rotatable bonds is 4. The molecule has 5 heteroatoms. The van der Waals surface area contributed by atoms with Gasteiger partial charge in [0.2, 0.25) is 0 Å². The van der Waals surface area contributed by atoms with Crippen LogP contribution in [0.3, 0.4) is 0 Å². The van der Waals surface area contributed by atoms with E-state index < -0.39 is 20.0 Å². The van der Waals surface area contributed by atoms with Gasteiger partial charge < -0.3 is 9.47 Å². The fourth-order valence-electron chi connectivity index (χ4n) is 5.42. The normalized spacial score (nSPS) is 13.0. The highest BCUT2D eigenvalue weighted by Gasteiger charge is 2.45. The first-order chi connectivity index (χ1) is 16.9. The molecule has 0 aromatic heterocycles. The predicted molar refractivity (Wildman–Crippen MR) is 142 cm³/mol. The second-order valence-corrected chi connectivity index (χ2v) is 13.4. The van der Waals surface area contributed by atoms with Crippen LogP contribution in [0.1, 0.15) is 20.7 Å². The third-order valence-electron chi connectivity index (χ3n) is 6.90. The summed E-state index contributed by atoms with van der Waals surface area (Å²) in [5.41, 5.74) is 5.84. The van der Waals surface area contributed by atoms with E-state index in [1.165, 1.54) is 19.4 Å². The van der Waals surface area contributed by atoms with Gasteiger partial charge in [0, 0.05) is 5.56 Å². The minimum Gasteiger partial charge on any atom is -0.465 e. The van der Waals surface area contributed by atoms with Crippen LogP contribution in [-0.4, -0.2) is 34.2 Å². The first-order valence-corrected chi connectivity index (χ1v) is 14.5. The van der Waals surface area contributed by atoms with Crippen molar-refractivity contribution in [2.75, 3.05) is 14.2 Å². The molecule has 0 saturated heterocycles. The Morgan fingerprint density at radius 3 is 1.60 bits per heavy atom. The van der Waals surface area contributed by atoms with Crippen LogP contribution >= 0.6 is 0 Å². The Balaban J connectivity index is 2.11. The summed E-state index contributed by atoms with van der Waals surface area (Å²) in [7, 11) is 0.409. The molecule has 0 saturated carbocycles. The number of hydrogen-bond acceptors (Lipinski definition) is 4. The predicted octanol–water partition coefficient (Wildman–Crippen LogP) is 5.40. The minimum absolute atomic E-state index is 0.240. The van der Waals surface area contributed by atoms with Crippen LogP contribution in [0.4, 0.5) is 0 Å². The molecule has 0 atom stereocenters. The number of ether oxygens (including phenoxy) is 2. The molecule has 4 aromatic carbocycles.